The first-order valence-corrected chi connectivity index (χ1v) is 40.4. The number of nitrogens with two attached hydrogens (primary N) is 4. The van der Waals surface area contributed by atoms with Gasteiger partial charge in [0.25, 0.3) is 0 Å². The van der Waals surface area contributed by atoms with Crippen LogP contribution in [0.1, 0.15) is 179 Å². The maximum atomic E-state index is 14.3. The highest BCUT2D eigenvalue weighted by Crippen LogP contribution is 2.22. The maximum Gasteiger partial charge on any atom is 0.326 e. The number of aliphatic hydroxyl groups excluding tert-OH is 3. The van der Waals surface area contributed by atoms with E-state index in [1.807, 2.05) is 0 Å². The molecule has 17 amide bonds. The molecule has 1 saturated heterocycles. The molecule has 0 aromatic carbocycles. The van der Waals surface area contributed by atoms with Crippen molar-refractivity contribution in [2.75, 3.05) is 52.5 Å². The van der Waals surface area contributed by atoms with E-state index in [1.54, 1.807) is 41.5 Å². The Hall–Kier alpha value is -10.8. The Labute approximate surface area is 701 Å². The number of carbonyl (C=O) groups is 20. The van der Waals surface area contributed by atoms with Gasteiger partial charge in [0.05, 0.1) is 51.4 Å². The number of nitrogens with zero attached hydrogens (tertiary/aromatic N) is 1. The molecule has 121 heavy (non-hydrogen) atoms. The molecule has 1 fully saturated rings. The average Bonchev–Trinajstić information content (AvgIpc) is 1.61. The number of amides is 17. The summed E-state index contributed by atoms with van der Waals surface area (Å²) in [5.74, 6) is -23.9. The van der Waals surface area contributed by atoms with E-state index < -0.39 is 292 Å². The molecule has 0 spiro atoms. The Kier molecular flexibility index (Phi) is 50.0. The van der Waals surface area contributed by atoms with Crippen LogP contribution in [0.15, 0.2) is 0 Å². The molecule has 1 aliphatic rings. The summed E-state index contributed by atoms with van der Waals surface area (Å²) < 4.78 is 0. The molecule has 46 heteroatoms. The van der Waals surface area contributed by atoms with E-state index in [9.17, 15) is 121 Å². The van der Waals surface area contributed by atoms with Gasteiger partial charge in [0.2, 0.25) is 100 Å². The van der Waals surface area contributed by atoms with Gasteiger partial charge in [-0.1, -0.05) is 75.7 Å². The smallest absolute Gasteiger partial charge is 0.326 e. The number of aliphatic carboxylic acids is 3. The number of unbranched alkanes of at least 4 members (excludes halogenated alkanes) is 2. The number of carbonyl (C=O) groups excluding carboxylic acids is 17. The van der Waals surface area contributed by atoms with Crippen LogP contribution in [0, 0.1) is 29.6 Å². The van der Waals surface area contributed by atoms with Crippen LogP contribution in [0.5, 0.6) is 0 Å². The largest absolute Gasteiger partial charge is 0.481 e. The molecule has 0 bridgehead atoms. The van der Waals surface area contributed by atoms with E-state index in [0.717, 1.165) is 11.8 Å². The van der Waals surface area contributed by atoms with Crippen LogP contribution in [0.25, 0.3) is 0 Å². The zero-order chi connectivity index (χ0) is 92.2. The minimum absolute atomic E-state index is 0.00583. The third-order valence-electron chi connectivity index (χ3n) is 18.8. The maximum absolute atomic E-state index is 14.3. The summed E-state index contributed by atoms with van der Waals surface area (Å²) >= 11 is 0. The Morgan fingerprint density at radius 2 is 0.777 bits per heavy atom. The van der Waals surface area contributed by atoms with E-state index in [1.165, 1.54) is 27.7 Å². The highest BCUT2D eigenvalue weighted by molar-refractivity contribution is 6.01. The number of likely N-dealkylation sites (tertiary alicyclic amines) is 1. The number of carboxylic acid groups (broad SMARTS) is 3. The van der Waals surface area contributed by atoms with E-state index >= 15 is 0 Å². The zero-order valence-electron chi connectivity index (χ0n) is 70.6. The van der Waals surface area contributed by atoms with Gasteiger partial charge in [-0.2, -0.15) is 0 Å². The van der Waals surface area contributed by atoms with Crippen molar-refractivity contribution in [2.45, 2.75) is 270 Å². The minimum atomic E-state index is -1.91. The van der Waals surface area contributed by atoms with Gasteiger partial charge in [-0.15, -0.1) is 0 Å². The molecule has 29 N–H and O–H groups in total. The minimum Gasteiger partial charge on any atom is -0.481 e. The number of hydrogen-bond acceptors (Lipinski definition) is 26. The van der Waals surface area contributed by atoms with Crippen LogP contribution in [0.4, 0.5) is 0 Å². The number of aliphatic hydroxyl groups is 3. The van der Waals surface area contributed by atoms with Crippen molar-refractivity contribution < 1.29 is 127 Å². The van der Waals surface area contributed by atoms with E-state index in [0.29, 0.717) is 32.2 Å². The first kappa shape index (κ1) is 108. The second kappa shape index (κ2) is 55.9. The van der Waals surface area contributed by atoms with Gasteiger partial charge in [0.1, 0.15) is 78.5 Å². The quantitative estimate of drug-likeness (QED) is 0.0252. The number of rotatable bonds is 59. The fourth-order valence-electron chi connectivity index (χ4n) is 12.3. The lowest BCUT2D eigenvalue weighted by atomic mass is 9.98. The fourth-order valence-corrected chi connectivity index (χ4v) is 12.3. The van der Waals surface area contributed by atoms with Crippen molar-refractivity contribution in [3.05, 3.63) is 0 Å². The first-order valence-electron chi connectivity index (χ1n) is 40.4. The van der Waals surface area contributed by atoms with Crippen LogP contribution in [0.2, 0.25) is 0 Å². The molecule has 1 rings (SSSR count). The number of nitrogens with one attached hydrogen (secondary N) is 15. The lowest BCUT2D eigenvalue weighted by Gasteiger charge is -2.31. The topological polar surface area (TPSA) is 751 Å². The highest BCUT2D eigenvalue weighted by atomic mass is 16.4. The molecule has 46 nitrogen and oxygen atoms in total. The molecule has 1 aliphatic heterocycles. The molecule has 0 aromatic rings. The van der Waals surface area contributed by atoms with E-state index in [4.69, 9.17) is 28.0 Å². The lowest BCUT2D eigenvalue weighted by molar-refractivity contribution is -0.144. The predicted molar refractivity (Wildman–Crippen MR) is 430 cm³/mol. The lowest BCUT2D eigenvalue weighted by Crippen LogP contribution is -2.63. The van der Waals surface area contributed by atoms with Crippen LogP contribution in [-0.2, 0) is 95.9 Å². The van der Waals surface area contributed by atoms with Gasteiger partial charge in [-0.3, -0.25) is 91.1 Å². The zero-order valence-corrected chi connectivity index (χ0v) is 70.6. The fraction of sp³-hybridized carbons (Fsp3) is 0.733. The van der Waals surface area contributed by atoms with Crippen LogP contribution >= 0.6 is 0 Å². The Morgan fingerprint density at radius 3 is 1.26 bits per heavy atom. The molecule has 0 aliphatic carbocycles. The molecular weight excluding hydrogens is 1600 g/mol. The average molecular weight is 1730 g/mol. The summed E-state index contributed by atoms with van der Waals surface area (Å²) in [6.45, 7) is 13.4. The SMILES string of the molecule is CC(C)C[C@H](NC(=O)[C@H](CCCCN)NC(=O)[C@H](CO)NC(=O)[C@@H](N)CCCCN)C(=O)NCC(=O)N[C@@H](CC(=O)O)C(=O)N[C@@H](CC(C)C)C(=O)N[C@H](C(=O)N[C@H](C(=O)N[C@H](C(=O)N[C@@H](CO)C(=O)N[C@@H](CC(C)C)C(=O)N1CCC[C@H]1C(=O)NCC(=O)NCC(=O)N[C@@H](CCC(N)=O)C(=O)N[C@@H](CCC(=O)O)C(=O)O)C(C)C)[C@@H](C)O)C(C)C. The van der Waals surface area contributed by atoms with Crippen LogP contribution < -0.4 is 103 Å². The summed E-state index contributed by atoms with van der Waals surface area (Å²) in [4.78, 5) is 266. The molecule has 0 radical (unpaired) electrons. The molecule has 0 aromatic heterocycles. The normalized spacial score (nSPS) is 16.0. The van der Waals surface area contributed by atoms with Crippen LogP contribution in [0.3, 0.4) is 0 Å². The molecule has 686 valence electrons. The highest BCUT2D eigenvalue weighted by Gasteiger charge is 2.42. The third kappa shape index (κ3) is 41.3. The van der Waals surface area contributed by atoms with Gasteiger partial charge >= 0.3 is 17.9 Å². The predicted octanol–water partition coefficient (Wildman–Crippen LogP) is -8.77. The van der Waals surface area contributed by atoms with Crippen molar-refractivity contribution >= 4 is 118 Å². The van der Waals surface area contributed by atoms with Gasteiger partial charge in [0.15, 0.2) is 0 Å². The summed E-state index contributed by atoms with van der Waals surface area (Å²) in [5.41, 5.74) is 22.4. The van der Waals surface area contributed by atoms with Crippen LogP contribution in [-0.4, -0.2) is 297 Å². The van der Waals surface area contributed by atoms with Gasteiger partial charge in [-0.05, 0) is 127 Å². The van der Waals surface area contributed by atoms with Crippen molar-refractivity contribution in [2.24, 2.45) is 52.5 Å². The van der Waals surface area contributed by atoms with E-state index in [-0.39, 0.29) is 69.9 Å². The van der Waals surface area contributed by atoms with Gasteiger partial charge in [0, 0.05) is 19.4 Å². The monoisotopic (exact) mass is 1730 g/mol. The molecule has 15 atom stereocenters. The summed E-state index contributed by atoms with van der Waals surface area (Å²) in [7, 11) is 0. The second-order valence-electron chi connectivity index (χ2n) is 31.6. The Bertz CT molecular complexity index is 3530. The molecule has 1 heterocycles. The van der Waals surface area contributed by atoms with Crippen molar-refractivity contribution in [1.82, 2.24) is 84.7 Å². The number of carboxylic acids is 3. The summed E-state index contributed by atoms with van der Waals surface area (Å²) in [5, 5.41) is 95.4. The molecule has 0 saturated carbocycles. The summed E-state index contributed by atoms with van der Waals surface area (Å²) in [6.07, 6.45) is -2.62. The second-order valence-corrected chi connectivity index (χ2v) is 31.6. The molecular formula is C75H130N20O26. The third-order valence-corrected chi connectivity index (χ3v) is 18.8. The van der Waals surface area contributed by atoms with Gasteiger partial charge in [-0.25, -0.2) is 4.79 Å². The standard InChI is InChI=1S/C75H130N20O26/c1-36(2)27-46(87-64(109)43(18-13-15-25-77)85-68(113)50(34-96)90-62(107)42(78)17-12-14-24-76)63(108)81-33-56(102)84-48(30-58(105)106)66(111)88-47(28-37(3)4)67(112)92-60(40(9)10)72(117)94-61(41(11)98)73(118)93-59(39(7)8)71(116)91-51(35-97)69(114)89-49(29-38(5)6)74(119)95-26-16-19-52(95)70(115)82-31-54(100)80-32-55(101)83-44(20-22-53(79)99)65(110)86-45(75(120)121)21-23-57(103)104/h36-52,59-61,96-98H,12-35,76-78H2,1-11H3,(H2,79,99)(H,80,100)(H,81,108)(H,82,115)(H,83,101)(H,84,102)(H,85,113)(H,86,110)(H,87,109)(H,88,111)(H,89,114)(H,90,107)(H,91,116)(H,92,112)(H,93,118)(H,94,117)(H,103,104)(H,105,106)(H,120,121)/t41-,42+,43+,44+,45+,46+,47+,48+,49+,50+,51+,52+,59+,60+,61+/m1/s1. The molecule has 0 unspecified atom stereocenters. The number of hydrogen-bond donors (Lipinski definition) is 25. The van der Waals surface area contributed by atoms with Gasteiger partial charge < -0.3 is 138 Å². The Balaban J connectivity index is 3.28. The van der Waals surface area contributed by atoms with Crippen molar-refractivity contribution in [3.8, 4) is 0 Å². The Morgan fingerprint density at radius 1 is 0.388 bits per heavy atom. The number of primary amides is 1. The van der Waals surface area contributed by atoms with Crippen molar-refractivity contribution in [3.63, 3.8) is 0 Å². The summed E-state index contributed by atoms with van der Waals surface area (Å²) in [6, 6.07) is -21.4. The van der Waals surface area contributed by atoms with E-state index in [2.05, 4.69) is 79.8 Å². The van der Waals surface area contributed by atoms with Crippen molar-refractivity contribution in [1.29, 1.82) is 0 Å². The first-order chi connectivity index (χ1) is 56.6.